The lowest BCUT2D eigenvalue weighted by Crippen LogP contribution is -2.20. The number of hydrogen-bond acceptors (Lipinski definition) is 2. The van der Waals surface area contributed by atoms with Gasteiger partial charge in [-0.2, -0.15) is 0 Å². The van der Waals surface area contributed by atoms with Crippen LogP contribution in [-0.4, -0.2) is 23.9 Å². The highest BCUT2D eigenvalue weighted by atomic mass is 16.1. The smallest absolute Gasteiger partial charge is 0.231 e. The molecule has 3 heteroatoms. The molecule has 1 unspecified atom stereocenters. The number of carbonyl (C=O) groups excluding carboxylic acids is 1. The Kier molecular flexibility index (Phi) is 4.35. The Morgan fingerprint density at radius 2 is 1.92 bits per heavy atom. The summed E-state index contributed by atoms with van der Waals surface area (Å²) in [6.45, 7) is 3.36. The van der Waals surface area contributed by atoms with Crippen molar-refractivity contribution < 1.29 is 4.79 Å². The second-order valence-corrected chi connectivity index (χ2v) is 6.96. The van der Waals surface area contributed by atoms with Crippen molar-refractivity contribution in [3.8, 4) is 0 Å². The van der Waals surface area contributed by atoms with Gasteiger partial charge in [0.2, 0.25) is 5.91 Å². The van der Waals surface area contributed by atoms with Gasteiger partial charge in [0.15, 0.2) is 0 Å². The first kappa shape index (κ1) is 15.4. The lowest BCUT2D eigenvalue weighted by molar-refractivity contribution is -0.117. The van der Waals surface area contributed by atoms with Crippen LogP contribution in [0.15, 0.2) is 48.5 Å². The van der Waals surface area contributed by atoms with Crippen molar-refractivity contribution in [2.24, 2.45) is 0 Å². The topological polar surface area (TPSA) is 32.3 Å². The molecule has 1 aliphatic heterocycles. The fourth-order valence-electron chi connectivity index (χ4n) is 4.01. The Labute approximate surface area is 143 Å². The zero-order valence-electron chi connectivity index (χ0n) is 14.0. The molecule has 1 atom stereocenters. The second kappa shape index (κ2) is 6.78. The standard InChI is InChI=1S/C21H24N2O/c24-21(20-11-10-17-7-1-2-9-19(17)20)22-18-8-5-6-16(14-18)15-23-12-3-4-13-23/h1-2,5-9,14,20H,3-4,10-13,15H2,(H,22,24). The maximum atomic E-state index is 12.7. The molecular weight excluding hydrogens is 296 g/mol. The third-order valence-corrected chi connectivity index (χ3v) is 5.25. The molecule has 1 aliphatic carbocycles. The molecule has 4 rings (SSSR count). The first-order valence-electron chi connectivity index (χ1n) is 8.99. The van der Waals surface area contributed by atoms with Gasteiger partial charge in [0.1, 0.15) is 0 Å². The molecule has 2 aromatic rings. The lowest BCUT2D eigenvalue weighted by atomic mass is 10.0. The summed E-state index contributed by atoms with van der Waals surface area (Å²) in [7, 11) is 0. The molecule has 1 fully saturated rings. The Balaban J connectivity index is 1.44. The summed E-state index contributed by atoms with van der Waals surface area (Å²) in [5.41, 5.74) is 4.71. The first-order chi connectivity index (χ1) is 11.8. The van der Waals surface area contributed by atoms with E-state index in [1.165, 1.54) is 42.6 Å². The van der Waals surface area contributed by atoms with E-state index in [1.807, 2.05) is 18.2 Å². The second-order valence-electron chi connectivity index (χ2n) is 6.96. The fourth-order valence-corrected chi connectivity index (χ4v) is 4.01. The van der Waals surface area contributed by atoms with Crippen molar-refractivity contribution in [2.75, 3.05) is 18.4 Å². The molecular formula is C21H24N2O. The third kappa shape index (κ3) is 3.22. The van der Waals surface area contributed by atoms with E-state index in [-0.39, 0.29) is 11.8 Å². The lowest BCUT2D eigenvalue weighted by Gasteiger charge is -2.16. The summed E-state index contributed by atoms with van der Waals surface area (Å²) in [6.07, 6.45) is 4.52. The van der Waals surface area contributed by atoms with Gasteiger partial charge in [-0.3, -0.25) is 9.69 Å². The molecule has 24 heavy (non-hydrogen) atoms. The van der Waals surface area contributed by atoms with Crippen LogP contribution in [0.4, 0.5) is 5.69 Å². The van der Waals surface area contributed by atoms with E-state index < -0.39 is 0 Å². The van der Waals surface area contributed by atoms with Crippen LogP contribution in [-0.2, 0) is 17.8 Å². The highest BCUT2D eigenvalue weighted by molar-refractivity contribution is 5.96. The van der Waals surface area contributed by atoms with E-state index in [9.17, 15) is 4.79 Å². The molecule has 0 spiro atoms. The Hall–Kier alpha value is -2.13. The van der Waals surface area contributed by atoms with Crippen molar-refractivity contribution in [3.05, 3.63) is 65.2 Å². The van der Waals surface area contributed by atoms with Crippen LogP contribution in [0.25, 0.3) is 0 Å². The minimum Gasteiger partial charge on any atom is -0.326 e. The van der Waals surface area contributed by atoms with Gasteiger partial charge >= 0.3 is 0 Å². The number of hydrogen-bond donors (Lipinski definition) is 1. The van der Waals surface area contributed by atoms with Crippen molar-refractivity contribution in [1.29, 1.82) is 0 Å². The summed E-state index contributed by atoms with van der Waals surface area (Å²) in [6, 6.07) is 16.6. The number of nitrogens with zero attached hydrogens (tertiary/aromatic N) is 1. The van der Waals surface area contributed by atoms with E-state index >= 15 is 0 Å². The maximum Gasteiger partial charge on any atom is 0.231 e. The average Bonchev–Trinajstić information content (AvgIpc) is 3.24. The van der Waals surface area contributed by atoms with Crippen LogP contribution in [0.1, 0.15) is 41.9 Å². The van der Waals surface area contributed by atoms with Gasteiger partial charge in [-0.15, -0.1) is 0 Å². The number of nitrogens with one attached hydrogen (secondary N) is 1. The number of carbonyl (C=O) groups is 1. The number of likely N-dealkylation sites (tertiary alicyclic amines) is 1. The number of rotatable bonds is 4. The van der Waals surface area contributed by atoms with E-state index in [4.69, 9.17) is 0 Å². The monoisotopic (exact) mass is 320 g/mol. The third-order valence-electron chi connectivity index (χ3n) is 5.25. The van der Waals surface area contributed by atoms with E-state index in [0.717, 1.165) is 25.1 Å². The predicted molar refractivity (Wildman–Crippen MR) is 97.1 cm³/mol. The molecule has 1 amide bonds. The van der Waals surface area contributed by atoms with Gasteiger partial charge in [0.25, 0.3) is 0 Å². The van der Waals surface area contributed by atoms with Crippen LogP contribution >= 0.6 is 0 Å². The zero-order chi connectivity index (χ0) is 16.4. The van der Waals surface area contributed by atoms with Gasteiger partial charge in [-0.1, -0.05) is 36.4 Å². The average molecular weight is 320 g/mol. The number of aryl methyl sites for hydroxylation is 1. The Morgan fingerprint density at radius 1 is 1.08 bits per heavy atom. The van der Waals surface area contributed by atoms with Crippen molar-refractivity contribution >= 4 is 11.6 Å². The zero-order valence-corrected chi connectivity index (χ0v) is 14.0. The van der Waals surface area contributed by atoms with Gasteiger partial charge in [-0.25, -0.2) is 0 Å². The maximum absolute atomic E-state index is 12.7. The molecule has 0 saturated carbocycles. The van der Waals surface area contributed by atoms with Crippen LogP contribution in [0.5, 0.6) is 0 Å². The highest BCUT2D eigenvalue weighted by Crippen LogP contribution is 2.33. The van der Waals surface area contributed by atoms with E-state index in [1.54, 1.807) is 0 Å². The normalized spacial score (nSPS) is 20.1. The van der Waals surface area contributed by atoms with Crippen LogP contribution in [0, 0.1) is 0 Å². The van der Waals surface area contributed by atoms with Gasteiger partial charge in [0, 0.05) is 12.2 Å². The molecule has 3 nitrogen and oxygen atoms in total. The largest absolute Gasteiger partial charge is 0.326 e. The van der Waals surface area contributed by atoms with Gasteiger partial charge < -0.3 is 5.32 Å². The SMILES string of the molecule is O=C(Nc1cccc(CN2CCCC2)c1)C1CCc2ccccc21. The van der Waals surface area contributed by atoms with Crippen molar-refractivity contribution in [3.63, 3.8) is 0 Å². The molecule has 1 saturated heterocycles. The Morgan fingerprint density at radius 3 is 2.79 bits per heavy atom. The molecule has 1 N–H and O–H groups in total. The van der Waals surface area contributed by atoms with Gasteiger partial charge in [0.05, 0.1) is 5.92 Å². The Bertz CT molecular complexity index is 734. The molecule has 0 radical (unpaired) electrons. The summed E-state index contributed by atoms with van der Waals surface area (Å²) in [4.78, 5) is 15.2. The summed E-state index contributed by atoms with van der Waals surface area (Å²) in [5, 5.41) is 3.13. The number of benzene rings is 2. The number of amides is 1. The first-order valence-corrected chi connectivity index (χ1v) is 8.99. The van der Waals surface area contributed by atoms with Crippen LogP contribution < -0.4 is 5.32 Å². The molecule has 2 aliphatic rings. The minimum atomic E-state index is -0.0107. The summed E-state index contributed by atoms with van der Waals surface area (Å²) >= 11 is 0. The highest BCUT2D eigenvalue weighted by Gasteiger charge is 2.28. The predicted octanol–water partition coefficient (Wildman–Crippen LogP) is 3.95. The van der Waals surface area contributed by atoms with Gasteiger partial charge in [-0.05, 0) is 67.6 Å². The van der Waals surface area contributed by atoms with E-state index in [2.05, 4.69) is 40.5 Å². The number of fused-ring (bicyclic) bond motifs is 1. The minimum absolute atomic E-state index is 0.0107. The van der Waals surface area contributed by atoms with Crippen LogP contribution in [0.2, 0.25) is 0 Å². The summed E-state index contributed by atoms with van der Waals surface area (Å²) in [5.74, 6) is 0.113. The molecule has 1 heterocycles. The van der Waals surface area contributed by atoms with E-state index in [0.29, 0.717) is 0 Å². The molecule has 0 bridgehead atoms. The van der Waals surface area contributed by atoms with Crippen molar-refractivity contribution in [1.82, 2.24) is 4.90 Å². The quantitative estimate of drug-likeness (QED) is 0.925. The summed E-state index contributed by atoms with van der Waals surface area (Å²) < 4.78 is 0. The number of anilines is 1. The van der Waals surface area contributed by atoms with Crippen LogP contribution in [0.3, 0.4) is 0 Å². The van der Waals surface area contributed by atoms with Crippen molar-refractivity contribution in [2.45, 2.75) is 38.1 Å². The molecule has 124 valence electrons. The fraction of sp³-hybridized carbons (Fsp3) is 0.381. The molecule has 0 aromatic heterocycles. The molecule has 2 aromatic carbocycles.